The van der Waals surface area contributed by atoms with Crippen LogP contribution in [0.4, 0.5) is 17.5 Å². The van der Waals surface area contributed by atoms with Gasteiger partial charge in [-0.1, -0.05) is 28.9 Å². The first-order valence-electron chi connectivity index (χ1n) is 9.58. The number of aliphatic hydroxyl groups is 1. The molecule has 0 saturated carbocycles. The van der Waals surface area contributed by atoms with Crippen molar-refractivity contribution in [3.63, 3.8) is 0 Å². The lowest BCUT2D eigenvalue weighted by Crippen LogP contribution is -2.29. The summed E-state index contributed by atoms with van der Waals surface area (Å²) in [4.78, 5) is 9.64. The van der Waals surface area contributed by atoms with Gasteiger partial charge in [-0.15, -0.1) is 3.77 Å². The van der Waals surface area contributed by atoms with E-state index in [1.54, 1.807) is 44.5 Å². The van der Waals surface area contributed by atoms with Crippen molar-refractivity contribution in [2.45, 2.75) is 29.2 Å². The van der Waals surface area contributed by atoms with Crippen molar-refractivity contribution in [1.82, 2.24) is 9.97 Å². The lowest BCUT2D eigenvalue weighted by molar-refractivity contribution is 0.0944. The molecule has 0 radical (unpaired) electrons. The molecule has 1 atom stereocenters. The van der Waals surface area contributed by atoms with Gasteiger partial charge < -0.3 is 15.7 Å². The second kappa shape index (κ2) is 10.1. The fourth-order valence-electron chi connectivity index (χ4n) is 2.54. The Kier molecular flexibility index (Phi) is 7.65. The van der Waals surface area contributed by atoms with Gasteiger partial charge in [-0.25, -0.2) is 4.98 Å². The topological polar surface area (TPSA) is 117 Å². The molecule has 170 valence electrons. The highest BCUT2D eigenvalue weighted by Crippen LogP contribution is 2.23. The van der Waals surface area contributed by atoms with Crippen molar-refractivity contribution in [3.05, 3.63) is 65.3 Å². The molecule has 0 fully saturated rings. The molecule has 2 aromatic carbocycles. The number of nitrogens with one attached hydrogen (secondary N) is 2. The standard InChI is InChI=1S/C21H24BrN5O3S2/c1-21(2,28)14-24-19-18(22)13-23-20(26-19)25-15-9-11-16(12-10-15)31(3)27-32(29,30)17-7-5-4-6-8-17/h4-13,28H,14H2,1-3H3,(H2,23,24,25,26). The highest BCUT2D eigenvalue weighted by molar-refractivity contribution is 9.10. The number of rotatable bonds is 8. The van der Waals surface area contributed by atoms with Gasteiger partial charge in [-0.3, -0.25) is 0 Å². The Morgan fingerprint density at radius 3 is 2.41 bits per heavy atom. The Morgan fingerprint density at radius 1 is 1.12 bits per heavy atom. The van der Waals surface area contributed by atoms with Gasteiger partial charge in [-0.2, -0.15) is 13.4 Å². The molecule has 0 aliphatic carbocycles. The Balaban J connectivity index is 1.74. The number of hydrogen-bond donors (Lipinski definition) is 3. The summed E-state index contributed by atoms with van der Waals surface area (Å²) in [5.74, 6) is 0.937. The molecule has 0 saturated heterocycles. The predicted molar refractivity (Wildman–Crippen MR) is 132 cm³/mol. The van der Waals surface area contributed by atoms with E-state index in [4.69, 9.17) is 0 Å². The molecule has 0 spiro atoms. The summed E-state index contributed by atoms with van der Waals surface area (Å²) in [6.07, 6.45) is 3.38. The second-order valence-electron chi connectivity index (χ2n) is 7.55. The molecule has 11 heteroatoms. The van der Waals surface area contributed by atoms with Gasteiger partial charge >= 0.3 is 0 Å². The fraction of sp³-hybridized carbons (Fsp3) is 0.238. The van der Waals surface area contributed by atoms with Crippen LogP contribution in [-0.4, -0.2) is 41.9 Å². The van der Waals surface area contributed by atoms with Crippen molar-refractivity contribution in [3.8, 4) is 0 Å². The van der Waals surface area contributed by atoms with Crippen LogP contribution in [0.3, 0.4) is 0 Å². The van der Waals surface area contributed by atoms with Crippen LogP contribution in [0.1, 0.15) is 13.8 Å². The summed E-state index contributed by atoms with van der Waals surface area (Å²) in [6.45, 7) is 3.73. The average molecular weight is 538 g/mol. The van der Waals surface area contributed by atoms with E-state index >= 15 is 0 Å². The summed E-state index contributed by atoms with van der Waals surface area (Å²) in [6, 6.07) is 15.5. The Hall–Kier alpha value is -2.34. The van der Waals surface area contributed by atoms with Gasteiger partial charge in [0.05, 0.1) is 15.0 Å². The third kappa shape index (κ3) is 6.83. The van der Waals surface area contributed by atoms with E-state index in [1.807, 2.05) is 24.3 Å². The van der Waals surface area contributed by atoms with Gasteiger partial charge in [0.2, 0.25) is 5.95 Å². The van der Waals surface area contributed by atoms with Gasteiger partial charge in [0, 0.05) is 23.3 Å². The SMILES string of the molecule is CS(=NS(=O)(=O)c1ccccc1)c1ccc(Nc2ncc(Br)c(NCC(C)(C)O)n2)cc1. The molecule has 0 aliphatic rings. The number of anilines is 3. The molecule has 1 heterocycles. The Morgan fingerprint density at radius 2 is 1.78 bits per heavy atom. The molecular weight excluding hydrogens is 514 g/mol. The van der Waals surface area contributed by atoms with Gasteiger partial charge in [-0.05, 0) is 72.4 Å². The summed E-state index contributed by atoms with van der Waals surface area (Å²) in [5, 5.41) is 16.1. The van der Waals surface area contributed by atoms with Crippen molar-refractivity contribution >= 4 is 54.1 Å². The van der Waals surface area contributed by atoms with Crippen molar-refractivity contribution < 1.29 is 13.5 Å². The van der Waals surface area contributed by atoms with Crippen LogP contribution in [0.2, 0.25) is 0 Å². The van der Waals surface area contributed by atoms with Crippen molar-refractivity contribution in [2.75, 3.05) is 23.4 Å². The fourth-order valence-corrected chi connectivity index (χ4v) is 5.77. The molecule has 8 nitrogen and oxygen atoms in total. The molecule has 0 amide bonds. The van der Waals surface area contributed by atoms with Crippen LogP contribution in [0.15, 0.2) is 78.8 Å². The Labute approximate surface area is 198 Å². The maximum atomic E-state index is 12.5. The zero-order valence-electron chi connectivity index (χ0n) is 17.8. The first kappa shape index (κ1) is 24.3. The van der Waals surface area contributed by atoms with Crippen LogP contribution >= 0.6 is 15.9 Å². The molecule has 1 aromatic heterocycles. The number of hydrogen-bond acceptors (Lipinski definition) is 7. The van der Waals surface area contributed by atoms with Gasteiger partial charge in [0.1, 0.15) is 5.82 Å². The van der Waals surface area contributed by atoms with E-state index in [0.717, 1.165) is 10.6 Å². The van der Waals surface area contributed by atoms with Crippen LogP contribution in [-0.2, 0) is 20.7 Å². The van der Waals surface area contributed by atoms with E-state index in [9.17, 15) is 13.5 Å². The van der Waals surface area contributed by atoms with E-state index in [1.165, 1.54) is 12.1 Å². The number of benzene rings is 2. The minimum atomic E-state index is -3.72. The molecule has 3 N–H and O–H groups in total. The zero-order chi connectivity index (χ0) is 23.4. The lowest BCUT2D eigenvalue weighted by atomic mass is 10.1. The second-order valence-corrected chi connectivity index (χ2v) is 11.8. The highest BCUT2D eigenvalue weighted by Gasteiger charge is 2.15. The third-order valence-electron chi connectivity index (χ3n) is 4.14. The molecule has 0 aliphatic heterocycles. The van der Waals surface area contributed by atoms with Crippen LogP contribution in [0.5, 0.6) is 0 Å². The molecule has 1 unspecified atom stereocenters. The van der Waals surface area contributed by atoms with E-state index in [0.29, 0.717) is 22.8 Å². The number of sulfonamides is 1. The molecular formula is C21H24BrN5O3S2. The molecule has 3 aromatic rings. The van der Waals surface area contributed by atoms with Crippen LogP contribution in [0.25, 0.3) is 0 Å². The molecule has 3 rings (SSSR count). The zero-order valence-corrected chi connectivity index (χ0v) is 21.0. The summed E-state index contributed by atoms with van der Waals surface area (Å²) in [7, 11) is -4.56. The molecule has 0 bridgehead atoms. The predicted octanol–water partition coefficient (Wildman–Crippen LogP) is 4.35. The minimum absolute atomic E-state index is 0.180. The maximum absolute atomic E-state index is 12.5. The van der Waals surface area contributed by atoms with Crippen molar-refractivity contribution in [2.24, 2.45) is 3.77 Å². The summed E-state index contributed by atoms with van der Waals surface area (Å²) < 4.78 is 29.7. The van der Waals surface area contributed by atoms with Gasteiger partial charge in [0.15, 0.2) is 0 Å². The highest BCUT2D eigenvalue weighted by atomic mass is 79.9. The average Bonchev–Trinajstić information content (AvgIpc) is 2.74. The number of halogens is 1. The van der Waals surface area contributed by atoms with Crippen LogP contribution < -0.4 is 10.6 Å². The largest absolute Gasteiger partial charge is 0.389 e. The Bertz CT molecular complexity index is 1210. The first-order valence-corrected chi connectivity index (χ1v) is 13.4. The smallest absolute Gasteiger partial charge is 0.288 e. The summed E-state index contributed by atoms with van der Waals surface area (Å²) >= 11 is 3.39. The van der Waals surface area contributed by atoms with E-state index < -0.39 is 26.3 Å². The quantitative estimate of drug-likeness (QED) is 0.391. The first-order chi connectivity index (χ1) is 15.0. The third-order valence-corrected chi connectivity index (χ3v) is 8.22. The molecule has 32 heavy (non-hydrogen) atoms. The lowest BCUT2D eigenvalue weighted by Gasteiger charge is -2.18. The maximum Gasteiger partial charge on any atom is 0.288 e. The number of aromatic nitrogens is 2. The van der Waals surface area contributed by atoms with E-state index in [-0.39, 0.29) is 4.90 Å². The van der Waals surface area contributed by atoms with Crippen molar-refractivity contribution in [1.29, 1.82) is 0 Å². The monoisotopic (exact) mass is 537 g/mol. The summed E-state index contributed by atoms with van der Waals surface area (Å²) in [5.41, 5.74) is -0.142. The van der Waals surface area contributed by atoms with Gasteiger partial charge in [0.25, 0.3) is 10.0 Å². The van der Waals surface area contributed by atoms with E-state index in [2.05, 4.69) is 40.3 Å². The normalized spacial score (nSPS) is 13.0. The number of nitrogens with zero attached hydrogens (tertiary/aromatic N) is 3. The van der Waals surface area contributed by atoms with Crippen LogP contribution in [0, 0.1) is 0 Å². The minimum Gasteiger partial charge on any atom is -0.389 e.